The molecule has 0 saturated carbocycles. The molecular weight excluding hydrogens is 306 g/mol. The van der Waals surface area contributed by atoms with Crippen LogP contribution in [0.1, 0.15) is 0 Å². The molecule has 0 aliphatic rings. The summed E-state index contributed by atoms with van der Waals surface area (Å²) in [7, 11) is 1.54. The Kier molecular flexibility index (Phi) is 3.16. The number of methoxy groups -OCH3 is 1. The lowest BCUT2D eigenvalue weighted by Gasteiger charge is -2.09. The van der Waals surface area contributed by atoms with Gasteiger partial charge in [0.2, 0.25) is 5.88 Å². The van der Waals surface area contributed by atoms with Crippen LogP contribution in [0.25, 0.3) is 27.4 Å². The molecule has 0 spiro atoms. The molecule has 0 radical (unpaired) electrons. The number of aromatic hydroxyl groups is 1. The summed E-state index contributed by atoms with van der Waals surface area (Å²) < 4.78 is 6.62. The zero-order valence-corrected chi connectivity index (χ0v) is 12.8. The van der Waals surface area contributed by atoms with Gasteiger partial charge in [-0.2, -0.15) is 0 Å². The van der Waals surface area contributed by atoms with Crippen molar-refractivity contribution >= 4 is 27.5 Å². The molecule has 0 fully saturated rings. The summed E-state index contributed by atoms with van der Waals surface area (Å²) in [5, 5.41) is 15.8. The number of rotatable bonds is 3. The highest BCUT2D eigenvalue weighted by Crippen LogP contribution is 2.42. The SMILES string of the molecule is COc1ccc2c(N=O)n(-c3cccc4cccnc34)c(O)c2c1. The normalized spacial score (nSPS) is 11.0. The third-order valence-corrected chi connectivity index (χ3v) is 4.07. The van der Waals surface area contributed by atoms with Crippen molar-refractivity contribution in [2.75, 3.05) is 7.11 Å². The fourth-order valence-corrected chi connectivity index (χ4v) is 2.96. The number of hydrogen-bond donors (Lipinski definition) is 1. The number of fused-ring (bicyclic) bond motifs is 2. The maximum atomic E-state index is 11.5. The lowest BCUT2D eigenvalue weighted by atomic mass is 10.2. The molecule has 0 atom stereocenters. The maximum absolute atomic E-state index is 11.5. The van der Waals surface area contributed by atoms with Crippen molar-refractivity contribution in [3.63, 3.8) is 0 Å². The topological polar surface area (TPSA) is 76.7 Å². The first-order chi connectivity index (χ1) is 11.7. The number of hydrogen-bond acceptors (Lipinski definition) is 5. The zero-order valence-electron chi connectivity index (χ0n) is 12.8. The summed E-state index contributed by atoms with van der Waals surface area (Å²) in [5.41, 5.74) is 1.27. The van der Waals surface area contributed by atoms with Crippen molar-refractivity contribution in [1.82, 2.24) is 9.55 Å². The van der Waals surface area contributed by atoms with Crippen LogP contribution in [0.4, 0.5) is 5.82 Å². The van der Waals surface area contributed by atoms with Crippen LogP contribution in [0.2, 0.25) is 0 Å². The largest absolute Gasteiger partial charge is 0.497 e. The van der Waals surface area contributed by atoms with Gasteiger partial charge in [0.05, 0.1) is 18.3 Å². The van der Waals surface area contributed by atoms with Crippen molar-refractivity contribution in [3.8, 4) is 17.3 Å². The summed E-state index contributed by atoms with van der Waals surface area (Å²) >= 11 is 0. The predicted octanol–water partition coefficient (Wildman–Crippen LogP) is 4.29. The Labute approximate surface area is 136 Å². The number of benzene rings is 2. The molecule has 0 unspecified atom stereocenters. The van der Waals surface area contributed by atoms with E-state index in [9.17, 15) is 10.0 Å². The van der Waals surface area contributed by atoms with Gasteiger partial charge in [-0.25, -0.2) is 0 Å². The third kappa shape index (κ3) is 1.93. The molecule has 0 bridgehead atoms. The Morgan fingerprint density at radius 1 is 1.12 bits per heavy atom. The van der Waals surface area contributed by atoms with E-state index in [-0.39, 0.29) is 11.7 Å². The molecule has 118 valence electrons. The summed E-state index contributed by atoms with van der Waals surface area (Å²) in [6, 6.07) is 14.4. The second kappa shape index (κ2) is 5.34. The predicted molar refractivity (Wildman–Crippen MR) is 92.2 cm³/mol. The van der Waals surface area contributed by atoms with E-state index in [1.165, 1.54) is 4.57 Å². The molecule has 2 aromatic heterocycles. The number of nitroso groups, excluding NO2 is 1. The molecular formula is C18H13N3O3. The fraction of sp³-hybridized carbons (Fsp3) is 0.0556. The van der Waals surface area contributed by atoms with Crippen LogP contribution in [0.3, 0.4) is 0 Å². The van der Waals surface area contributed by atoms with Gasteiger partial charge >= 0.3 is 0 Å². The first-order valence-corrected chi connectivity index (χ1v) is 7.33. The van der Waals surface area contributed by atoms with E-state index in [4.69, 9.17) is 4.74 Å². The highest BCUT2D eigenvalue weighted by atomic mass is 16.5. The minimum absolute atomic E-state index is 0.0725. The van der Waals surface area contributed by atoms with Gasteiger partial charge < -0.3 is 9.84 Å². The molecule has 0 amide bonds. The molecule has 4 rings (SSSR count). The second-order valence-corrected chi connectivity index (χ2v) is 5.34. The summed E-state index contributed by atoms with van der Waals surface area (Å²) in [5.74, 6) is 0.642. The first kappa shape index (κ1) is 14.2. The van der Waals surface area contributed by atoms with Gasteiger partial charge in [0.25, 0.3) is 0 Å². The molecule has 4 aromatic rings. The van der Waals surface area contributed by atoms with Crippen LogP contribution in [-0.2, 0) is 0 Å². The van der Waals surface area contributed by atoms with Crippen molar-refractivity contribution in [2.45, 2.75) is 0 Å². The monoisotopic (exact) mass is 319 g/mol. The Morgan fingerprint density at radius 2 is 1.96 bits per heavy atom. The number of aromatic nitrogens is 2. The summed E-state index contributed by atoms with van der Waals surface area (Å²) in [6.45, 7) is 0. The van der Waals surface area contributed by atoms with Crippen LogP contribution in [0, 0.1) is 4.91 Å². The van der Waals surface area contributed by atoms with Gasteiger partial charge in [-0.05, 0) is 35.5 Å². The van der Waals surface area contributed by atoms with Gasteiger partial charge in [0.1, 0.15) is 5.75 Å². The van der Waals surface area contributed by atoms with Crippen molar-refractivity contribution in [2.24, 2.45) is 5.18 Å². The molecule has 6 heteroatoms. The highest BCUT2D eigenvalue weighted by Gasteiger charge is 2.20. The quantitative estimate of drug-likeness (QED) is 0.571. The lowest BCUT2D eigenvalue weighted by molar-refractivity contribution is 0.414. The average Bonchev–Trinajstić information content (AvgIpc) is 2.92. The van der Waals surface area contributed by atoms with Crippen LogP contribution in [0.5, 0.6) is 11.6 Å². The highest BCUT2D eigenvalue weighted by molar-refractivity contribution is 6.00. The van der Waals surface area contributed by atoms with Crippen molar-refractivity contribution in [3.05, 3.63) is 59.6 Å². The molecule has 24 heavy (non-hydrogen) atoms. The van der Waals surface area contributed by atoms with E-state index in [0.29, 0.717) is 27.7 Å². The minimum atomic E-state index is -0.0725. The fourth-order valence-electron chi connectivity index (χ4n) is 2.96. The van der Waals surface area contributed by atoms with Crippen molar-refractivity contribution in [1.29, 1.82) is 0 Å². The van der Waals surface area contributed by atoms with Crippen LogP contribution in [-0.4, -0.2) is 21.8 Å². The van der Waals surface area contributed by atoms with Gasteiger partial charge in [-0.15, -0.1) is 4.91 Å². The molecule has 0 aliphatic carbocycles. The number of pyridine rings is 1. The minimum Gasteiger partial charge on any atom is -0.497 e. The summed E-state index contributed by atoms with van der Waals surface area (Å²) in [4.78, 5) is 15.9. The molecule has 2 heterocycles. The third-order valence-electron chi connectivity index (χ3n) is 4.07. The molecule has 1 N–H and O–H groups in total. The van der Waals surface area contributed by atoms with Crippen LogP contribution < -0.4 is 4.74 Å². The molecule has 0 aliphatic heterocycles. The van der Waals surface area contributed by atoms with E-state index < -0.39 is 0 Å². The number of nitrogens with zero attached hydrogens (tertiary/aromatic N) is 3. The van der Waals surface area contributed by atoms with E-state index in [0.717, 1.165) is 5.39 Å². The number of para-hydroxylation sites is 1. The molecule has 0 saturated heterocycles. The van der Waals surface area contributed by atoms with E-state index in [1.807, 2.05) is 24.3 Å². The number of ether oxygens (including phenoxy) is 1. The van der Waals surface area contributed by atoms with Crippen LogP contribution >= 0.6 is 0 Å². The smallest absolute Gasteiger partial charge is 0.205 e. The van der Waals surface area contributed by atoms with Gasteiger partial charge in [0, 0.05) is 22.4 Å². The Morgan fingerprint density at radius 3 is 2.75 bits per heavy atom. The first-order valence-electron chi connectivity index (χ1n) is 7.33. The zero-order chi connectivity index (χ0) is 16.7. The van der Waals surface area contributed by atoms with E-state index in [1.54, 1.807) is 37.6 Å². The second-order valence-electron chi connectivity index (χ2n) is 5.34. The maximum Gasteiger partial charge on any atom is 0.205 e. The van der Waals surface area contributed by atoms with Gasteiger partial charge in [0.15, 0.2) is 5.82 Å². The Hall–Kier alpha value is -3.41. The summed E-state index contributed by atoms with van der Waals surface area (Å²) in [6.07, 6.45) is 1.67. The molecule has 6 nitrogen and oxygen atoms in total. The molecule has 2 aromatic carbocycles. The lowest BCUT2D eigenvalue weighted by Crippen LogP contribution is -1.95. The van der Waals surface area contributed by atoms with Crippen LogP contribution in [0.15, 0.2) is 59.9 Å². The van der Waals surface area contributed by atoms with E-state index >= 15 is 0 Å². The van der Waals surface area contributed by atoms with Gasteiger partial charge in [-0.1, -0.05) is 18.2 Å². The van der Waals surface area contributed by atoms with E-state index in [2.05, 4.69) is 10.2 Å². The Bertz CT molecular complexity index is 1080. The van der Waals surface area contributed by atoms with Gasteiger partial charge in [-0.3, -0.25) is 9.55 Å². The average molecular weight is 319 g/mol. The van der Waals surface area contributed by atoms with Crippen molar-refractivity contribution < 1.29 is 9.84 Å². The Balaban J connectivity index is 2.12. The standard InChI is InChI=1S/C18H13N3O3/c1-24-12-7-8-13-14(10-12)18(22)21(17(13)20-23)15-6-2-4-11-5-3-9-19-16(11)15/h2-10,22H,1H3.